The largest absolute Gasteiger partial charge is 0.385 e. The molecule has 1 fully saturated rings. The Kier molecular flexibility index (Phi) is 5.58. The highest BCUT2D eigenvalue weighted by Crippen LogP contribution is 2.38. The van der Waals surface area contributed by atoms with Gasteiger partial charge in [0, 0.05) is 32.3 Å². The summed E-state index contributed by atoms with van der Waals surface area (Å²) in [5.74, 6) is 0. The molecular weight excluding hydrogens is 190 g/mol. The maximum absolute atomic E-state index is 5.72. The Morgan fingerprint density at radius 3 is 2.87 bits per heavy atom. The molecule has 0 amide bonds. The van der Waals surface area contributed by atoms with Crippen LogP contribution in [0.25, 0.3) is 0 Å². The molecule has 1 rings (SSSR count). The molecule has 0 bridgehead atoms. The Morgan fingerprint density at radius 2 is 2.33 bits per heavy atom. The molecule has 0 saturated carbocycles. The van der Waals surface area contributed by atoms with Gasteiger partial charge in [0.2, 0.25) is 0 Å². The molecule has 0 radical (unpaired) electrons. The quantitative estimate of drug-likeness (QED) is 0.657. The lowest BCUT2D eigenvalue weighted by atomic mass is 9.77. The Hall–Kier alpha value is -0.120. The van der Waals surface area contributed by atoms with Crippen LogP contribution in [0.5, 0.6) is 0 Å². The van der Waals surface area contributed by atoms with E-state index in [1.54, 1.807) is 7.11 Å². The third-order valence-corrected chi connectivity index (χ3v) is 3.58. The van der Waals surface area contributed by atoms with Gasteiger partial charge >= 0.3 is 0 Å². The van der Waals surface area contributed by atoms with E-state index in [9.17, 15) is 0 Å². The van der Waals surface area contributed by atoms with Gasteiger partial charge in [0.05, 0.1) is 6.10 Å². The van der Waals surface area contributed by atoms with Crippen molar-refractivity contribution >= 4 is 0 Å². The predicted molar refractivity (Wildman–Crippen MR) is 62.1 cm³/mol. The van der Waals surface area contributed by atoms with Gasteiger partial charge in [-0.25, -0.2) is 0 Å². The van der Waals surface area contributed by atoms with Gasteiger partial charge in [-0.1, -0.05) is 6.92 Å². The molecule has 2 unspecified atom stereocenters. The van der Waals surface area contributed by atoms with Gasteiger partial charge < -0.3 is 14.8 Å². The third-order valence-electron chi connectivity index (χ3n) is 3.58. The number of ether oxygens (including phenoxy) is 2. The van der Waals surface area contributed by atoms with Gasteiger partial charge in [-0.05, 0) is 32.7 Å². The van der Waals surface area contributed by atoms with Crippen molar-refractivity contribution < 1.29 is 9.47 Å². The van der Waals surface area contributed by atoms with Crippen molar-refractivity contribution in [1.82, 2.24) is 5.32 Å². The van der Waals surface area contributed by atoms with Gasteiger partial charge in [-0.3, -0.25) is 0 Å². The van der Waals surface area contributed by atoms with Crippen LogP contribution in [0.15, 0.2) is 0 Å². The number of rotatable bonds is 7. The van der Waals surface area contributed by atoms with E-state index in [-0.39, 0.29) is 0 Å². The van der Waals surface area contributed by atoms with Crippen LogP contribution in [0.2, 0.25) is 0 Å². The Labute approximate surface area is 93.5 Å². The second-order valence-corrected chi connectivity index (χ2v) is 4.50. The highest BCUT2D eigenvalue weighted by atomic mass is 16.5. The second-order valence-electron chi connectivity index (χ2n) is 4.50. The van der Waals surface area contributed by atoms with Crippen LogP contribution in [-0.2, 0) is 9.47 Å². The van der Waals surface area contributed by atoms with E-state index < -0.39 is 0 Å². The van der Waals surface area contributed by atoms with Crippen LogP contribution in [-0.4, -0.2) is 39.5 Å². The van der Waals surface area contributed by atoms with E-state index in [1.165, 1.54) is 12.8 Å². The average molecular weight is 215 g/mol. The fourth-order valence-corrected chi connectivity index (χ4v) is 2.41. The molecule has 90 valence electrons. The molecule has 1 N–H and O–H groups in total. The summed E-state index contributed by atoms with van der Waals surface area (Å²) in [5.41, 5.74) is 0.342. The molecule has 1 aliphatic heterocycles. The molecule has 2 atom stereocenters. The van der Waals surface area contributed by atoms with Gasteiger partial charge in [-0.2, -0.15) is 0 Å². The fourth-order valence-electron chi connectivity index (χ4n) is 2.41. The third kappa shape index (κ3) is 3.44. The molecule has 3 nitrogen and oxygen atoms in total. The maximum atomic E-state index is 5.72. The summed E-state index contributed by atoms with van der Waals surface area (Å²) in [6, 6.07) is 0. The zero-order valence-electron chi connectivity index (χ0n) is 10.3. The molecule has 3 heteroatoms. The van der Waals surface area contributed by atoms with Crippen molar-refractivity contribution in [3.05, 3.63) is 0 Å². The lowest BCUT2D eigenvalue weighted by Crippen LogP contribution is -2.39. The van der Waals surface area contributed by atoms with Crippen LogP contribution in [0.4, 0.5) is 0 Å². The van der Waals surface area contributed by atoms with Crippen molar-refractivity contribution in [1.29, 1.82) is 0 Å². The van der Waals surface area contributed by atoms with Crippen LogP contribution in [0, 0.1) is 5.41 Å². The normalized spacial score (nSPS) is 31.0. The van der Waals surface area contributed by atoms with E-state index in [1.807, 2.05) is 0 Å². The second kappa shape index (κ2) is 6.46. The van der Waals surface area contributed by atoms with E-state index >= 15 is 0 Å². The number of hydrogen-bond acceptors (Lipinski definition) is 3. The first-order valence-electron chi connectivity index (χ1n) is 6.06. The number of methoxy groups -OCH3 is 1. The van der Waals surface area contributed by atoms with Crippen molar-refractivity contribution in [2.75, 3.05) is 33.4 Å². The Morgan fingerprint density at radius 1 is 1.53 bits per heavy atom. The minimum Gasteiger partial charge on any atom is -0.385 e. The van der Waals surface area contributed by atoms with Crippen LogP contribution in [0.1, 0.15) is 33.1 Å². The smallest absolute Gasteiger partial charge is 0.0616 e. The minimum absolute atomic E-state index is 0.342. The topological polar surface area (TPSA) is 30.5 Å². The summed E-state index contributed by atoms with van der Waals surface area (Å²) < 4.78 is 10.8. The first-order chi connectivity index (χ1) is 7.25. The van der Waals surface area contributed by atoms with E-state index in [2.05, 4.69) is 19.2 Å². The van der Waals surface area contributed by atoms with Crippen molar-refractivity contribution in [2.24, 2.45) is 5.41 Å². The zero-order valence-corrected chi connectivity index (χ0v) is 10.3. The average Bonchev–Trinajstić information content (AvgIpc) is 2.59. The van der Waals surface area contributed by atoms with E-state index in [0.29, 0.717) is 11.5 Å². The molecule has 0 aromatic heterocycles. The highest BCUT2D eigenvalue weighted by molar-refractivity contribution is 4.91. The lowest BCUT2D eigenvalue weighted by molar-refractivity contribution is 0.0529. The van der Waals surface area contributed by atoms with Gasteiger partial charge in [0.25, 0.3) is 0 Å². The standard InChI is InChI=1S/C12H25NO2/c1-4-13-10-12(6-5-8-14-3)7-9-15-11(12)2/h11,13H,4-10H2,1-3H3. The summed E-state index contributed by atoms with van der Waals surface area (Å²) in [7, 11) is 1.77. The number of nitrogens with one attached hydrogen (secondary N) is 1. The van der Waals surface area contributed by atoms with Crippen molar-refractivity contribution in [2.45, 2.75) is 39.2 Å². The molecule has 15 heavy (non-hydrogen) atoms. The van der Waals surface area contributed by atoms with E-state index in [0.717, 1.165) is 32.7 Å². The zero-order chi connectivity index (χ0) is 11.1. The molecule has 1 heterocycles. The molecule has 0 aromatic rings. The highest BCUT2D eigenvalue weighted by Gasteiger charge is 2.40. The fraction of sp³-hybridized carbons (Fsp3) is 1.00. The van der Waals surface area contributed by atoms with Crippen molar-refractivity contribution in [3.63, 3.8) is 0 Å². The molecule has 1 aliphatic rings. The summed E-state index contributed by atoms with van der Waals surface area (Å²) in [4.78, 5) is 0. The van der Waals surface area contributed by atoms with Gasteiger partial charge in [-0.15, -0.1) is 0 Å². The van der Waals surface area contributed by atoms with Gasteiger partial charge in [0.1, 0.15) is 0 Å². The summed E-state index contributed by atoms with van der Waals surface area (Å²) in [6.07, 6.45) is 3.91. The maximum Gasteiger partial charge on any atom is 0.0616 e. The predicted octanol–water partition coefficient (Wildman–Crippen LogP) is 1.82. The van der Waals surface area contributed by atoms with Crippen LogP contribution in [0.3, 0.4) is 0 Å². The van der Waals surface area contributed by atoms with Gasteiger partial charge in [0.15, 0.2) is 0 Å². The first-order valence-corrected chi connectivity index (χ1v) is 6.06. The number of hydrogen-bond donors (Lipinski definition) is 1. The molecule has 0 aromatic carbocycles. The lowest BCUT2D eigenvalue weighted by Gasteiger charge is -2.32. The summed E-state index contributed by atoms with van der Waals surface area (Å²) in [5, 5.41) is 3.47. The van der Waals surface area contributed by atoms with Crippen LogP contribution >= 0.6 is 0 Å². The summed E-state index contributed by atoms with van der Waals surface area (Å²) in [6.45, 7) is 8.26. The van der Waals surface area contributed by atoms with Crippen molar-refractivity contribution in [3.8, 4) is 0 Å². The molecule has 0 spiro atoms. The monoisotopic (exact) mass is 215 g/mol. The molecular formula is C12H25NO2. The summed E-state index contributed by atoms with van der Waals surface area (Å²) >= 11 is 0. The Bertz CT molecular complexity index is 175. The first kappa shape index (κ1) is 12.9. The molecule has 1 saturated heterocycles. The Balaban J connectivity index is 2.44. The van der Waals surface area contributed by atoms with Crippen LogP contribution < -0.4 is 5.32 Å². The SMILES string of the molecule is CCNCC1(CCCOC)CCOC1C. The van der Waals surface area contributed by atoms with E-state index in [4.69, 9.17) is 9.47 Å². The minimum atomic E-state index is 0.342. The molecule has 0 aliphatic carbocycles.